The number of nitrogens with one attached hydrogen (secondary N) is 1. The van der Waals surface area contributed by atoms with Crippen LogP contribution in [0.4, 0.5) is 5.69 Å². The molecule has 0 spiro atoms. The zero-order valence-electron chi connectivity index (χ0n) is 9.58. The van der Waals surface area contributed by atoms with Gasteiger partial charge in [-0.15, -0.1) is 5.10 Å². The Kier molecular flexibility index (Phi) is 2.75. The minimum Gasteiger partial charge on any atom is -0.369 e. The fourth-order valence-corrected chi connectivity index (χ4v) is 2.09. The average Bonchev–Trinajstić information content (AvgIpc) is 2.94. The van der Waals surface area contributed by atoms with E-state index in [9.17, 15) is 0 Å². The molecule has 2 aromatic rings. The molecule has 5 nitrogen and oxygen atoms in total. The molecule has 0 atom stereocenters. The second-order valence-corrected chi connectivity index (χ2v) is 4.10. The summed E-state index contributed by atoms with van der Waals surface area (Å²) in [5.41, 5.74) is 2.32. The normalized spacial score (nSPS) is 16.1. The van der Waals surface area contributed by atoms with Crippen molar-refractivity contribution in [2.24, 2.45) is 0 Å². The first-order valence-electron chi connectivity index (χ1n) is 5.86. The smallest absolute Gasteiger partial charge is 0.0697 e. The molecule has 1 aliphatic heterocycles. The van der Waals surface area contributed by atoms with Gasteiger partial charge in [0.1, 0.15) is 0 Å². The third-order valence-corrected chi connectivity index (χ3v) is 3.02. The summed E-state index contributed by atoms with van der Waals surface area (Å²) in [6.45, 7) is 4.26. The van der Waals surface area contributed by atoms with E-state index in [1.165, 1.54) is 5.69 Å². The molecule has 0 radical (unpaired) electrons. The van der Waals surface area contributed by atoms with Gasteiger partial charge in [0.2, 0.25) is 0 Å². The molecule has 1 aliphatic rings. The maximum Gasteiger partial charge on any atom is 0.0697 e. The lowest BCUT2D eigenvalue weighted by molar-refractivity contribution is 0.589. The highest BCUT2D eigenvalue weighted by Crippen LogP contribution is 2.17. The van der Waals surface area contributed by atoms with Gasteiger partial charge in [0, 0.05) is 31.9 Å². The number of hydrogen-bond acceptors (Lipinski definition) is 4. The highest BCUT2D eigenvalue weighted by atomic mass is 15.4. The van der Waals surface area contributed by atoms with E-state index >= 15 is 0 Å². The predicted octanol–water partition coefficient (Wildman–Crippen LogP) is 0.677. The predicted molar refractivity (Wildman–Crippen MR) is 66.4 cm³/mol. The minimum absolute atomic E-state index is 1.04. The maximum absolute atomic E-state index is 3.97. The molecule has 0 aliphatic carbocycles. The van der Waals surface area contributed by atoms with Gasteiger partial charge in [-0.05, 0) is 24.3 Å². The van der Waals surface area contributed by atoms with Crippen molar-refractivity contribution in [2.45, 2.75) is 0 Å². The number of hydrogen-bond donors (Lipinski definition) is 1. The molecule has 0 saturated carbocycles. The van der Waals surface area contributed by atoms with Crippen LogP contribution >= 0.6 is 0 Å². The first kappa shape index (κ1) is 10.3. The molecule has 1 N–H and O–H groups in total. The molecule has 1 saturated heterocycles. The molecule has 88 valence electrons. The molecule has 2 heterocycles. The van der Waals surface area contributed by atoms with E-state index in [0.29, 0.717) is 0 Å². The van der Waals surface area contributed by atoms with E-state index in [4.69, 9.17) is 0 Å². The molecular formula is C12H15N5. The Labute approximate surface area is 100 Å². The van der Waals surface area contributed by atoms with E-state index in [0.717, 1.165) is 31.9 Å². The third-order valence-electron chi connectivity index (χ3n) is 3.02. The first-order chi connectivity index (χ1) is 8.43. The van der Waals surface area contributed by atoms with Crippen LogP contribution in [0.2, 0.25) is 0 Å². The van der Waals surface area contributed by atoms with Crippen molar-refractivity contribution in [3.63, 3.8) is 0 Å². The van der Waals surface area contributed by atoms with Crippen LogP contribution < -0.4 is 10.2 Å². The fraction of sp³-hybridized carbons (Fsp3) is 0.333. The second-order valence-electron chi connectivity index (χ2n) is 4.10. The van der Waals surface area contributed by atoms with Crippen LogP contribution in [0.3, 0.4) is 0 Å². The fourth-order valence-electron chi connectivity index (χ4n) is 2.09. The van der Waals surface area contributed by atoms with Gasteiger partial charge in [0.05, 0.1) is 18.1 Å². The van der Waals surface area contributed by atoms with Crippen molar-refractivity contribution in [1.82, 2.24) is 20.3 Å². The standard InChI is InChI=1S/C12H15N5/c1-3-12(17-10-7-14-15-17)4-2-11(1)16-8-5-13-6-9-16/h1-4,7,10,13H,5-6,8-9H2. The topological polar surface area (TPSA) is 46.0 Å². The Morgan fingerprint density at radius 3 is 2.35 bits per heavy atom. The lowest BCUT2D eigenvalue weighted by Crippen LogP contribution is -2.43. The first-order valence-corrected chi connectivity index (χ1v) is 5.86. The summed E-state index contributed by atoms with van der Waals surface area (Å²) in [6, 6.07) is 8.43. The van der Waals surface area contributed by atoms with Gasteiger partial charge in [-0.25, -0.2) is 4.68 Å². The Morgan fingerprint density at radius 1 is 1.00 bits per heavy atom. The minimum atomic E-state index is 1.04. The number of rotatable bonds is 2. The van der Waals surface area contributed by atoms with E-state index in [-0.39, 0.29) is 0 Å². The molecule has 0 unspecified atom stereocenters. The van der Waals surface area contributed by atoms with Gasteiger partial charge in [0.15, 0.2) is 0 Å². The molecule has 17 heavy (non-hydrogen) atoms. The summed E-state index contributed by atoms with van der Waals surface area (Å²) in [5.74, 6) is 0. The third kappa shape index (κ3) is 2.14. The van der Waals surface area contributed by atoms with Gasteiger partial charge in [-0.3, -0.25) is 0 Å². The van der Waals surface area contributed by atoms with Gasteiger partial charge >= 0.3 is 0 Å². The summed E-state index contributed by atoms with van der Waals surface area (Å²) in [7, 11) is 0. The van der Waals surface area contributed by atoms with E-state index in [1.54, 1.807) is 10.9 Å². The number of aromatic nitrogens is 3. The Balaban J connectivity index is 1.80. The summed E-state index contributed by atoms with van der Waals surface area (Å²) >= 11 is 0. The molecule has 5 heteroatoms. The van der Waals surface area contributed by atoms with E-state index in [2.05, 4.69) is 44.8 Å². The molecular weight excluding hydrogens is 214 g/mol. The quantitative estimate of drug-likeness (QED) is 0.822. The number of anilines is 1. The van der Waals surface area contributed by atoms with Crippen molar-refractivity contribution < 1.29 is 0 Å². The molecule has 1 aromatic heterocycles. The van der Waals surface area contributed by atoms with Crippen molar-refractivity contribution in [2.75, 3.05) is 31.1 Å². The Bertz CT molecular complexity index is 456. The zero-order chi connectivity index (χ0) is 11.5. The van der Waals surface area contributed by atoms with Crippen LogP contribution in [0, 0.1) is 0 Å². The van der Waals surface area contributed by atoms with Gasteiger partial charge in [0.25, 0.3) is 0 Å². The van der Waals surface area contributed by atoms with Crippen LogP contribution in [-0.4, -0.2) is 41.2 Å². The van der Waals surface area contributed by atoms with Crippen LogP contribution in [-0.2, 0) is 0 Å². The Hall–Kier alpha value is -1.88. The van der Waals surface area contributed by atoms with Crippen molar-refractivity contribution >= 4 is 5.69 Å². The van der Waals surface area contributed by atoms with E-state index < -0.39 is 0 Å². The largest absolute Gasteiger partial charge is 0.369 e. The van der Waals surface area contributed by atoms with Gasteiger partial charge in [-0.2, -0.15) is 0 Å². The monoisotopic (exact) mass is 229 g/mol. The number of piperazine rings is 1. The summed E-state index contributed by atoms with van der Waals surface area (Å²) in [6.07, 6.45) is 3.53. The average molecular weight is 229 g/mol. The van der Waals surface area contributed by atoms with Gasteiger partial charge in [-0.1, -0.05) is 5.21 Å². The van der Waals surface area contributed by atoms with E-state index in [1.807, 2.05) is 6.20 Å². The van der Waals surface area contributed by atoms with Gasteiger partial charge < -0.3 is 10.2 Å². The Morgan fingerprint density at radius 2 is 1.71 bits per heavy atom. The summed E-state index contributed by atoms with van der Waals surface area (Å²) in [4.78, 5) is 2.39. The lowest BCUT2D eigenvalue weighted by atomic mass is 10.2. The van der Waals surface area contributed by atoms with Crippen LogP contribution in [0.15, 0.2) is 36.7 Å². The second kappa shape index (κ2) is 4.55. The summed E-state index contributed by atoms with van der Waals surface area (Å²) in [5, 5.41) is 11.1. The molecule has 0 amide bonds. The lowest BCUT2D eigenvalue weighted by Gasteiger charge is -2.29. The zero-order valence-corrected chi connectivity index (χ0v) is 9.58. The molecule has 3 rings (SSSR count). The van der Waals surface area contributed by atoms with Crippen molar-refractivity contribution in [1.29, 1.82) is 0 Å². The van der Waals surface area contributed by atoms with Crippen molar-refractivity contribution in [3.05, 3.63) is 36.7 Å². The molecule has 1 aromatic carbocycles. The van der Waals surface area contributed by atoms with Crippen molar-refractivity contribution in [3.8, 4) is 5.69 Å². The highest BCUT2D eigenvalue weighted by molar-refractivity contribution is 5.51. The maximum atomic E-state index is 3.97. The molecule has 0 bridgehead atoms. The SMILES string of the molecule is c1cn(-c2ccc(N3CCNCC3)cc2)nn1. The highest BCUT2D eigenvalue weighted by Gasteiger charge is 2.09. The van der Waals surface area contributed by atoms with Crippen LogP contribution in [0.1, 0.15) is 0 Å². The van der Waals surface area contributed by atoms with Crippen LogP contribution in [0.25, 0.3) is 5.69 Å². The number of benzene rings is 1. The number of nitrogens with zero attached hydrogens (tertiary/aromatic N) is 4. The molecule has 1 fully saturated rings. The summed E-state index contributed by atoms with van der Waals surface area (Å²) < 4.78 is 1.77. The van der Waals surface area contributed by atoms with Crippen LogP contribution in [0.5, 0.6) is 0 Å².